The van der Waals surface area contributed by atoms with E-state index in [4.69, 9.17) is 5.73 Å². The van der Waals surface area contributed by atoms with E-state index < -0.39 is 22.5 Å². The van der Waals surface area contributed by atoms with Crippen molar-refractivity contribution in [2.24, 2.45) is 5.73 Å². The van der Waals surface area contributed by atoms with Crippen LogP contribution in [-0.4, -0.2) is 20.4 Å². The number of halogens is 1. The molecule has 2 aromatic rings. The van der Waals surface area contributed by atoms with Gasteiger partial charge in [-0.15, -0.1) is 0 Å². The summed E-state index contributed by atoms with van der Waals surface area (Å²) in [5.74, 6) is -1.93. The highest BCUT2D eigenvalue weighted by Crippen LogP contribution is 2.13. The van der Waals surface area contributed by atoms with Crippen molar-refractivity contribution in [1.29, 1.82) is 0 Å². The van der Waals surface area contributed by atoms with Gasteiger partial charge in [0.1, 0.15) is 12.0 Å². The van der Waals surface area contributed by atoms with Gasteiger partial charge in [0.15, 0.2) is 0 Å². The summed E-state index contributed by atoms with van der Waals surface area (Å²) in [6.07, 6.45) is 1.11. The predicted octanol–water partition coefficient (Wildman–Crippen LogP) is 1.08. The lowest BCUT2D eigenvalue weighted by Gasteiger charge is -2.02. The van der Waals surface area contributed by atoms with Crippen LogP contribution in [0.1, 0.15) is 16.2 Å². The molecule has 0 saturated heterocycles. The molecule has 0 saturated carbocycles. The van der Waals surface area contributed by atoms with Crippen LogP contribution in [-0.2, 0) is 6.54 Å². The first-order valence-electron chi connectivity index (χ1n) is 5.23. The average Bonchev–Trinajstić information content (AvgIpc) is 2.76. The van der Waals surface area contributed by atoms with Crippen LogP contribution in [0.3, 0.4) is 0 Å². The maximum atomic E-state index is 12.8. The summed E-state index contributed by atoms with van der Waals surface area (Å²) in [6, 6.07) is 5.52. The maximum absolute atomic E-state index is 12.8. The van der Waals surface area contributed by atoms with Crippen molar-refractivity contribution in [3.63, 3.8) is 0 Å². The predicted molar refractivity (Wildman–Crippen MR) is 62.9 cm³/mol. The Balaban J connectivity index is 2.35. The zero-order valence-corrected chi connectivity index (χ0v) is 9.62. The van der Waals surface area contributed by atoms with Crippen molar-refractivity contribution in [2.45, 2.75) is 6.54 Å². The molecule has 0 radical (unpaired) electrons. The van der Waals surface area contributed by atoms with Gasteiger partial charge in [-0.05, 0) is 27.6 Å². The molecular formula is C11H9FN4O3. The van der Waals surface area contributed by atoms with Crippen molar-refractivity contribution < 1.29 is 14.1 Å². The summed E-state index contributed by atoms with van der Waals surface area (Å²) in [5, 5.41) is 10.6. The number of imidazole rings is 1. The highest BCUT2D eigenvalue weighted by molar-refractivity contribution is 5.89. The van der Waals surface area contributed by atoms with Crippen LogP contribution in [0, 0.1) is 15.9 Å². The van der Waals surface area contributed by atoms with E-state index in [-0.39, 0.29) is 12.4 Å². The Morgan fingerprint density at radius 1 is 1.42 bits per heavy atom. The quantitative estimate of drug-likeness (QED) is 0.658. The van der Waals surface area contributed by atoms with Gasteiger partial charge in [0.05, 0.1) is 6.54 Å². The second-order valence-corrected chi connectivity index (χ2v) is 3.80. The molecule has 0 fully saturated rings. The average molecular weight is 264 g/mol. The Kier molecular flexibility index (Phi) is 3.23. The number of hydrogen-bond acceptors (Lipinski definition) is 4. The van der Waals surface area contributed by atoms with E-state index in [1.165, 1.54) is 28.8 Å². The van der Waals surface area contributed by atoms with E-state index in [2.05, 4.69) is 4.98 Å². The SMILES string of the molecule is NC(=O)c1nc([N+](=O)[O-])cn1Cc1ccc(F)cc1. The van der Waals surface area contributed by atoms with E-state index in [1.54, 1.807) is 0 Å². The molecule has 8 heteroatoms. The molecule has 2 N–H and O–H groups in total. The third-order valence-corrected chi connectivity index (χ3v) is 2.44. The molecule has 1 aromatic carbocycles. The molecular weight excluding hydrogens is 255 g/mol. The standard InChI is InChI=1S/C11H9FN4O3/c12-8-3-1-7(2-4-8)5-15-6-9(16(18)19)14-11(15)10(13)17/h1-4,6H,5H2,(H2,13,17). The minimum atomic E-state index is -0.866. The number of amides is 1. The minimum absolute atomic E-state index is 0.138. The monoisotopic (exact) mass is 264 g/mol. The number of carbonyl (C=O) groups excluding carboxylic acids is 1. The summed E-state index contributed by atoms with van der Waals surface area (Å²) >= 11 is 0. The third kappa shape index (κ3) is 2.73. The number of aromatic nitrogens is 2. The molecule has 0 bridgehead atoms. The number of rotatable bonds is 4. The van der Waals surface area contributed by atoms with Crippen LogP contribution in [0.25, 0.3) is 0 Å². The van der Waals surface area contributed by atoms with Gasteiger partial charge in [0.25, 0.3) is 0 Å². The van der Waals surface area contributed by atoms with Gasteiger partial charge in [-0.1, -0.05) is 12.1 Å². The zero-order valence-electron chi connectivity index (χ0n) is 9.62. The fraction of sp³-hybridized carbons (Fsp3) is 0.0909. The molecule has 0 atom stereocenters. The molecule has 0 unspecified atom stereocenters. The number of benzene rings is 1. The second kappa shape index (κ2) is 4.84. The van der Waals surface area contributed by atoms with E-state index in [0.717, 1.165) is 6.20 Å². The highest BCUT2D eigenvalue weighted by Gasteiger charge is 2.22. The fourth-order valence-corrected chi connectivity index (χ4v) is 1.59. The van der Waals surface area contributed by atoms with Crippen molar-refractivity contribution in [1.82, 2.24) is 9.55 Å². The van der Waals surface area contributed by atoms with Crippen molar-refractivity contribution >= 4 is 11.7 Å². The molecule has 2 rings (SSSR count). The van der Waals surface area contributed by atoms with E-state index >= 15 is 0 Å². The molecule has 98 valence electrons. The van der Waals surface area contributed by atoms with E-state index in [1.807, 2.05) is 0 Å². The lowest BCUT2D eigenvalue weighted by atomic mass is 10.2. The summed E-state index contributed by atoms with van der Waals surface area (Å²) in [4.78, 5) is 24.6. The van der Waals surface area contributed by atoms with Crippen molar-refractivity contribution in [3.05, 3.63) is 57.8 Å². The summed E-state index contributed by atoms with van der Waals surface area (Å²) in [5.41, 5.74) is 5.76. The molecule has 0 aliphatic heterocycles. The van der Waals surface area contributed by atoms with E-state index in [0.29, 0.717) is 5.56 Å². The highest BCUT2D eigenvalue weighted by atomic mass is 19.1. The first-order valence-corrected chi connectivity index (χ1v) is 5.23. The lowest BCUT2D eigenvalue weighted by molar-refractivity contribution is -0.389. The Bertz CT molecular complexity index is 636. The fourth-order valence-electron chi connectivity index (χ4n) is 1.59. The zero-order chi connectivity index (χ0) is 14.0. The molecule has 1 aromatic heterocycles. The van der Waals surface area contributed by atoms with Crippen molar-refractivity contribution in [3.8, 4) is 0 Å². The second-order valence-electron chi connectivity index (χ2n) is 3.80. The molecule has 1 heterocycles. The summed E-state index contributed by atoms with van der Waals surface area (Å²) in [7, 11) is 0. The number of nitro groups is 1. The van der Waals surface area contributed by atoms with Crippen LogP contribution >= 0.6 is 0 Å². The Labute approximate surface area is 106 Å². The Morgan fingerprint density at radius 2 is 2.05 bits per heavy atom. The smallest absolute Gasteiger partial charge is 0.361 e. The van der Waals surface area contributed by atoms with Crippen molar-refractivity contribution in [2.75, 3.05) is 0 Å². The van der Waals surface area contributed by atoms with Crippen LogP contribution in [0.2, 0.25) is 0 Å². The lowest BCUT2D eigenvalue weighted by Crippen LogP contribution is -2.18. The minimum Gasteiger partial charge on any atom is -0.361 e. The molecule has 7 nitrogen and oxygen atoms in total. The van der Waals surface area contributed by atoms with Crippen LogP contribution in [0.15, 0.2) is 30.5 Å². The summed E-state index contributed by atoms with van der Waals surface area (Å²) in [6.45, 7) is 0.138. The first kappa shape index (κ1) is 12.7. The molecule has 1 amide bonds. The van der Waals surface area contributed by atoms with Gasteiger partial charge < -0.3 is 15.8 Å². The number of hydrogen-bond donors (Lipinski definition) is 1. The number of carbonyl (C=O) groups is 1. The number of nitrogens with two attached hydrogens (primary N) is 1. The molecule has 0 aliphatic carbocycles. The first-order chi connectivity index (χ1) is 8.97. The Hall–Kier alpha value is -2.77. The molecule has 19 heavy (non-hydrogen) atoms. The maximum Gasteiger partial charge on any atom is 0.382 e. The van der Waals surface area contributed by atoms with Crippen LogP contribution < -0.4 is 5.73 Å². The Morgan fingerprint density at radius 3 is 2.58 bits per heavy atom. The third-order valence-electron chi connectivity index (χ3n) is 2.44. The van der Waals surface area contributed by atoms with Gasteiger partial charge in [-0.3, -0.25) is 9.36 Å². The van der Waals surface area contributed by atoms with Crippen LogP contribution in [0.4, 0.5) is 10.2 Å². The van der Waals surface area contributed by atoms with Gasteiger partial charge in [-0.2, -0.15) is 0 Å². The topological polar surface area (TPSA) is 104 Å². The normalized spacial score (nSPS) is 10.4. The largest absolute Gasteiger partial charge is 0.382 e. The number of primary amides is 1. The van der Waals surface area contributed by atoms with E-state index in [9.17, 15) is 19.3 Å². The van der Waals surface area contributed by atoms with Gasteiger partial charge >= 0.3 is 17.5 Å². The van der Waals surface area contributed by atoms with Gasteiger partial charge in [0, 0.05) is 0 Å². The number of nitrogens with zero attached hydrogens (tertiary/aromatic N) is 3. The molecule has 0 aliphatic rings. The van der Waals surface area contributed by atoms with Gasteiger partial charge in [-0.25, -0.2) is 4.39 Å². The molecule has 0 spiro atoms. The van der Waals surface area contributed by atoms with Crippen LogP contribution in [0.5, 0.6) is 0 Å². The van der Waals surface area contributed by atoms with Gasteiger partial charge in [0.2, 0.25) is 0 Å². The summed E-state index contributed by atoms with van der Waals surface area (Å²) < 4.78 is 14.0.